The molecule has 2 aromatic rings. The maximum absolute atomic E-state index is 5.82. The van der Waals surface area contributed by atoms with Gasteiger partial charge >= 0.3 is 0 Å². The molecule has 0 spiro atoms. The number of nitrogens with zero attached hydrogens (tertiary/aromatic N) is 2. The van der Waals surface area contributed by atoms with Gasteiger partial charge in [0.15, 0.2) is 6.61 Å². The van der Waals surface area contributed by atoms with Crippen LogP contribution in [0.4, 0.5) is 0 Å². The minimum atomic E-state index is 0.311. The number of halogens is 1. The van der Waals surface area contributed by atoms with Gasteiger partial charge in [0.2, 0.25) is 11.7 Å². The summed E-state index contributed by atoms with van der Waals surface area (Å²) in [6, 6.07) is 5.98. The highest BCUT2D eigenvalue weighted by Gasteiger charge is 2.08. The fourth-order valence-corrected chi connectivity index (χ4v) is 2.27. The lowest BCUT2D eigenvalue weighted by atomic mass is 10.2. The summed E-state index contributed by atoms with van der Waals surface area (Å²) in [6.45, 7) is 6.19. The van der Waals surface area contributed by atoms with Crippen LogP contribution in [0.15, 0.2) is 27.2 Å². The van der Waals surface area contributed by atoms with E-state index >= 15 is 0 Å². The lowest BCUT2D eigenvalue weighted by Crippen LogP contribution is -2.14. The van der Waals surface area contributed by atoms with Crippen LogP contribution in [-0.4, -0.2) is 16.7 Å². The van der Waals surface area contributed by atoms with Gasteiger partial charge in [-0.15, -0.1) is 0 Å². The zero-order valence-electron chi connectivity index (χ0n) is 12.4. The molecule has 0 saturated heterocycles. The molecule has 21 heavy (non-hydrogen) atoms. The van der Waals surface area contributed by atoms with E-state index in [1.807, 2.05) is 19.1 Å². The third kappa shape index (κ3) is 4.82. The van der Waals surface area contributed by atoms with Crippen molar-refractivity contribution in [2.24, 2.45) is 0 Å². The maximum atomic E-state index is 5.82. The molecule has 1 aromatic heterocycles. The highest BCUT2D eigenvalue weighted by Crippen LogP contribution is 2.24. The molecule has 0 unspecified atom stereocenters. The first kappa shape index (κ1) is 16.0. The summed E-state index contributed by atoms with van der Waals surface area (Å²) in [5.41, 5.74) is 1.11. The lowest BCUT2D eigenvalue weighted by molar-refractivity contribution is 0.282. The first-order chi connectivity index (χ1) is 10.2. The summed E-state index contributed by atoms with van der Waals surface area (Å²) in [4.78, 5) is 4.24. The van der Waals surface area contributed by atoms with E-state index in [4.69, 9.17) is 9.26 Å². The number of aromatic nitrogens is 2. The van der Waals surface area contributed by atoms with E-state index in [9.17, 15) is 0 Å². The Hall–Kier alpha value is -1.40. The molecular weight excluding hydrogens is 334 g/mol. The largest absolute Gasteiger partial charge is 0.485 e. The maximum Gasteiger partial charge on any atom is 0.226 e. The van der Waals surface area contributed by atoms with Crippen molar-refractivity contribution in [2.45, 2.75) is 39.8 Å². The first-order valence-corrected chi connectivity index (χ1v) is 7.95. The summed E-state index contributed by atoms with van der Waals surface area (Å²) >= 11 is 3.49. The standard InChI is InChI=1S/C15H20BrN3O2/c1-3-7-17-9-11-8-12(16)5-6-13(11)20-10-14-18-15(4-2)21-19-14/h5-6,8,17H,3-4,7,9-10H2,1-2H3. The van der Waals surface area contributed by atoms with Crippen LogP contribution in [-0.2, 0) is 19.6 Å². The van der Waals surface area contributed by atoms with Crippen molar-refractivity contribution in [1.82, 2.24) is 15.5 Å². The van der Waals surface area contributed by atoms with Gasteiger partial charge in [0, 0.05) is 23.0 Å². The van der Waals surface area contributed by atoms with E-state index in [1.54, 1.807) is 0 Å². The SMILES string of the molecule is CCCNCc1cc(Br)ccc1OCc1noc(CC)n1. The zero-order chi connectivity index (χ0) is 15.1. The molecule has 5 nitrogen and oxygen atoms in total. The second-order valence-corrected chi connectivity index (χ2v) is 5.59. The zero-order valence-corrected chi connectivity index (χ0v) is 13.9. The van der Waals surface area contributed by atoms with E-state index in [2.05, 4.69) is 44.4 Å². The Morgan fingerprint density at radius 1 is 1.33 bits per heavy atom. The number of hydrogen-bond acceptors (Lipinski definition) is 5. The van der Waals surface area contributed by atoms with Crippen LogP contribution in [0.25, 0.3) is 0 Å². The fourth-order valence-electron chi connectivity index (χ4n) is 1.86. The Morgan fingerprint density at radius 2 is 2.19 bits per heavy atom. The number of hydrogen-bond donors (Lipinski definition) is 1. The molecule has 0 atom stereocenters. The van der Waals surface area contributed by atoms with Crippen LogP contribution in [0, 0.1) is 0 Å². The monoisotopic (exact) mass is 353 g/mol. The summed E-state index contributed by atoms with van der Waals surface area (Å²) < 4.78 is 11.9. The molecule has 1 aromatic carbocycles. The Labute approximate surface area is 133 Å². The van der Waals surface area contributed by atoms with Crippen molar-refractivity contribution in [3.05, 3.63) is 40.0 Å². The van der Waals surface area contributed by atoms with E-state index in [0.29, 0.717) is 18.3 Å². The van der Waals surface area contributed by atoms with Crippen molar-refractivity contribution in [3.63, 3.8) is 0 Å². The minimum Gasteiger partial charge on any atom is -0.485 e. The molecule has 1 N–H and O–H groups in total. The Bertz CT molecular complexity index is 572. The van der Waals surface area contributed by atoms with E-state index < -0.39 is 0 Å². The average Bonchev–Trinajstić information content (AvgIpc) is 2.95. The molecular formula is C15H20BrN3O2. The van der Waals surface area contributed by atoms with Crippen molar-refractivity contribution in [2.75, 3.05) is 6.54 Å². The number of nitrogens with one attached hydrogen (secondary N) is 1. The van der Waals surface area contributed by atoms with Gasteiger partial charge < -0.3 is 14.6 Å². The summed E-state index contributed by atoms with van der Waals surface area (Å²) in [5, 5.41) is 7.27. The molecule has 1 heterocycles. The van der Waals surface area contributed by atoms with Gasteiger partial charge in [-0.3, -0.25) is 0 Å². The van der Waals surface area contributed by atoms with Crippen LogP contribution in [0.3, 0.4) is 0 Å². The molecule has 0 radical (unpaired) electrons. The molecule has 0 amide bonds. The van der Waals surface area contributed by atoms with E-state index in [1.165, 1.54) is 0 Å². The highest BCUT2D eigenvalue weighted by molar-refractivity contribution is 9.10. The van der Waals surface area contributed by atoms with Crippen LogP contribution < -0.4 is 10.1 Å². The average molecular weight is 354 g/mol. The van der Waals surface area contributed by atoms with Crippen LogP contribution in [0.2, 0.25) is 0 Å². The molecule has 114 valence electrons. The third-order valence-corrected chi connectivity index (χ3v) is 3.43. The van der Waals surface area contributed by atoms with Gasteiger partial charge in [-0.2, -0.15) is 4.98 Å². The van der Waals surface area contributed by atoms with Gasteiger partial charge in [0.25, 0.3) is 0 Å². The van der Waals surface area contributed by atoms with Gasteiger partial charge in [0.05, 0.1) is 0 Å². The Balaban J connectivity index is 2.00. The van der Waals surface area contributed by atoms with Gasteiger partial charge in [0.1, 0.15) is 5.75 Å². The topological polar surface area (TPSA) is 60.2 Å². The highest BCUT2D eigenvalue weighted by atomic mass is 79.9. The van der Waals surface area contributed by atoms with Crippen molar-refractivity contribution < 1.29 is 9.26 Å². The summed E-state index contributed by atoms with van der Waals surface area (Å²) in [5.74, 6) is 2.04. The molecule has 0 fully saturated rings. The predicted octanol–water partition coefficient (Wildman–Crippen LogP) is 3.47. The number of benzene rings is 1. The predicted molar refractivity (Wildman–Crippen MR) is 84.1 cm³/mol. The normalized spacial score (nSPS) is 10.8. The quantitative estimate of drug-likeness (QED) is 0.736. The summed E-state index contributed by atoms with van der Waals surface area (Å²) in [6.07, 6.45) is 1.84. The lowest BCUT2D eigenvalue weighted by Gasteiger charge is -2.11. The van der Waals surface area contributed by atoms with E-state index in [-0.39, 0.29) is 0 Å². The van der Waals surface area contributed by atoms with Crippen LogP contribution >= 0.6 is 15.9 Å². The third-order valence-electron chi connectivity index (χ3n) is 2.93. The smallest absolute Gasteiger partial charge is 0.226 e. The van der Waals surface area contributed by atoms with Crippen LogP contribution in [0.1, 0.15) is 37.5 Å². The molecule has 0 bridgehead atoms. The molecule has 0 saturated carbocycles. The van der Waals surface area contributed by atoms with Gasteiger partial charge in [-0.1, -0.05) is 34.9 Å². The van der Waals surface area contributed by atoms with Gasteiger partial charge in [-0.25, -0.2) is 0 Å². The number of ether oxygens (including phenoxy) is 1. The molecule has 2 rings (SSSR count). The van der Waals surface area contributed by atoms with Crippen LogP contribution in [0.5, 0.6) is 5.75 Å². The van der Waals surface area contributed by atoms with Gasteiger partial charge in [-0.05, 0) is 31.2 Å². The van der Waals surface area contributed by atoms with E-state index in [0.717, 1.165) is 41.7 Å². The molecule has 0 aliphatic carbocycles. The number of rotatable bonds is 8. The van der Waals surface area contributed by atoms with Crippen molar-refractivity contribution in [1.29, 1.82) is 0 Å². The molecule has 6 heteroatoms. The molecule has 0 aliphatic rings. The molecule has 0 aliphatic heterocycles. The Kier molecular flexibility index (Phi) is 6.20. The second kappa shape index (κ2) is 8.14. The second-order valence-electron chi connectivity index (χ2n) is 4.68. The Morgan fingerprint density at radius 3 is 2.90 bits per heavy atom. The number of aryl methyl sites for hydroxylation is 1. The first-order valence-electron chi connectivity index (χ1n) is 7.16. The van der Waals surface area contributed by atoms with Crippen molar-refractivity contribution >= 4 is 15.9 Å². The van der Waals surface area contributed by atoms with Crippen molar-refractivity contribution in [3.8, 4) is 5.75 Å². The fraction of sp³-hybridized carbons (Fsp3) is 0.467. The summed E-state index contributed by atoms with van der Waals surface area (Å²) in [7, 11) is 0. The minimum absolute atomic E-state index is 0.311.